The monoisotopic (exact) mass is 252 g/mol. The van der Waals surface area contributed by atoms with Crippen LogP contribution in [-0.2, 0) is 0 Å². The normalized spacial score (nSPS) is 12.6. The molecule has 0 amide bonds. The lowest BCUT2D eigenvalue weighted by atomic mass is 10.1. The van der Waals surface area contributed by atoms with Crippen LogP contribution in [-0.4, -0.2) is 37.6 Å². The van der Waals surface area contributed by atoms with E-state index in [1.165, 1.54) is 13.0 Å². The van der Waals surface area contributed by atoms with E-state index in [4.69, 9.17) is 0 Å². The van der Waals surface area contributed by atoms with E-state index in [1.54, 1.807) is 0 Å². The number of hydrogen-bond acceptors (Lipinski definition) is 2. The Morgan fingerprint density at radius 1 is 1.11 bits per heavy atom. The third-order valence-corrected chi connectivity index (χ3v) is 3.16. The molecule has 18 heavy (non-hydrogen) atoms. The fourth-order valence-corrected chi connectivity index (χ4v) is 1.89. The molecule has 106 valence electrons. The van der Waals surface area contributed by atoms with Crippen LogP contribution in [0.5, 0.6) is 0 Å². The molecule has 0 aromatic carbocycles. The van der Waals surface area contributed by atoms with Crippen molar-refractivity contribution in [3.63, 3.8) is 0 Å². The molecule has 0 aliphatic carbocycles. The van der Waals surface area contributed by atoms with Crippen LogP contribution in [0.1, 0.15) is 47.5 Å². The fraction of sp³-hybridized carbons (Fsp3) is 0.875. The van der Waals surface area contributed by atoms with Gasteiger partial charge in [-0.2, -0.15) is 0 Å². The maximum absolute atomic E-state index is 3.54. The third kappa shape index (κ3) is 10.6. The zero-order chi connectivity index (χ0) is 13.8. The van der Waals surface area contributed by atoms with Crippen LogP contribution >= 0.6 is 0 Å². The predicted octanol–water partition coefficient (Wildman–Crippen LogP) is 2.99. The Hall–Kier alpha value is -0.520. The maximum Gasteiger partial charge on any atom is 0.0216 e. The van der Waals surface area contributed by atoms with Crippen molar-refractivity contribution in [2.24, 2.45) is 11.8 Å². The van der Waals surface area contributed by atoms with Crippen LogP contribution in [0, 0.1) is 23.7 Å². The second-order valence-corrected chi connectivity index (χ2v) is 5.56. The Balaban J connectivity index is 3.65. The number of rotatable bonds is 10. The quantitative estimate of drug-likeness (QED) is 0.601. The van der Waals surface area contributed by atoms with E-state index in [1.807, 2.05) is 6.92 Å². The van der Waals surface area contributed by atoms with Crippen molar-refractivity contribution in [2.45, 2.75) is 47.5 Å². The Bertz CT molecular complexity index is 237. The Morgan fingerprint density at radius 2 is 1.83 bits per heavy atom. The lowest BCUT2D eigenvalue weighted by Crippen LogP contribution is -2.30. The van der Waals surface area contributed by atoms with E-state index in [0.717, 1.165) is 44.4 Å². The standard InChI is InChI=1S/C16H32N2/c1-6-8-9-11-18(7-2)12-10-16(5)14-17-13-15(3)4/h15-17H,7,9-14H2,1-5H3. The molecular weight excluding hydrogens is 220 g/mol. The summed E-state index contributed by atoms with van der Waals surface area (Å²) in [5.74, 6) is 7.61. The van der Waals surface area contributed by atoms with Gasteiger partial charge in [0.25, 0.3) is 0 Å². The minimum absolute atomic E-state index is 0.747. The number of nitrogens with zero attached hydrogens (tertiary/aromatic N) is 1. The van der Waals surface area contributed by atoms with Crippen molar-refractivity contribution < 1.29 is 0 Å². The van der Waals surface area contributed by atoms with Gasteiger partial charge in [-0.15, -0.1) is 11.8 Å². The summed E-state index contributed by atoms with van der Waals surface area (Å²) >= 11 is 0. The molecule has 1 atom stereocenters. The first-order valence-electron chi connectivity index (χ1n) is 7.42. The van der Waals surface area contributed by atoms with Gasteiger partial charge >= 0.3 is 0 Å². The van der Waals surface area contributed by atoms with Crippen molar-refractivity contribution in [3.05, 3.63) is 0 Å². The lowest BCUT2D eigenvalue weighted by molar-refractivity contribution is 0.269. The van der Waals surface area contributed by atoms with Crippen LogP contribution in [0.15, 0.2) is 0 Å². The van der Waals surface area contributed by atoms with E-state index < -0.39 is 0 Å². The smallest absolute Gasteiger partial charge is 0.0216 e. The molecule has 2 heteroatoms. The second-order valence-electron chi connectivity index (χ2n) is 5.56. The Labute approximate surface area is 115 Å². The zero-order valence-electron chi connectivity index (χ0n) is 13.1. The lowest BCUT2D eigenvalue weighted by Gasteiger charge is -2.22. The summed E-state index contributed by atoms with van der Waals surface area (Å²) in [6, 6.07) is 0. The van der Waals surface area contributed by atoms with E-state index in [-0.39, 0.29) is 0 Å². The third-order valence-electron chi connectivity index (χ3n) is 3.16. The van der Waals surface area contributed by atoms with Crippen molar-refractivity contribution in [1.82, 2.24) is 10.2 Å². The van der Waals surface area contributed by atoms with Gasteiger partial charge in [0.2, 0.25) is 0 Å². The molecule has 0 heterocycles. The molecule has 0 radical (unpaired) electrons. The molecule has 0 bridgehead atoms. The van der Waals surface area contributed by atoms with Gasteiger partial charge in [0.15, 0.2) is 0 Å². The molecule has 0 aromatic rings. The Morgan fingerprint density at radius 3 is 2.39 bits per heavy atom. The molecule has 0 fully saturated rings. The van der Waals surface area contributed by atoms with Gasteiger partial charge < -0.3 is 10.2 Å². The van der Waals surface area contributed by atoms with Crippen LogP contribution in [0.4, 0.5) is 0 Å². The molecule has 1 N–H and O–H groups in total. The van der Waals surface area contributed by atoms with Gasteiger partial charge in [-0.1, -0.05) is 27.7 Å². The number of nitrogens with one attached hydrogen (secondary N) is 1. The molecule has 0 rings (SSSR count). The van der Waals surface area contributed by atoms with Crippen molar-refractivity contribution in [2.75, 3.05) is 32.7 Å². The molecule has 0 spiro atoms. The minimum atomic E-state index is 0.747. The highest BCUT2D eigenvalue weighted by Crippen LogP contribution is 2.03. The van der Waals surface area contributed by atoms with Gasteiger partial charge in [0.1, 0.15) is 0 Å². The SMILES string of the molecule is CC#CCCN(CC)CCC(C)CNCC(C)C. The van der Waals surface area contributed by atoms with Crippen LogP contribution in [0.25, 0.3) is 0 Å². The van der Waals surface area contributed by atoms with Crippen LogP contribution in [0.2, 0.25) is 0 Å². The molecule has 0 saturated carbocycles. The molecule has 1 unspecified atom stereocenters. The summed E-state index contributed by atoms with van der Waals surface area (Å²) in [6.07, 6.45) is 2.28. The van der Waals surface area contributed by atoms with Crippen molar-refractivity contribution >= 4 is 0 Å². The van der Waals surface area contributed by atoms with Gasteiger partial charge in [-0.05, 0) is 51.4 Å². The highest BCUT2D eigenvalue weighted by Gasteiger charge is 2.06. The van der Waals surface area contributed by atoms with E-state index in [2.05, 4.69) is 49.8 Å². The van der Waals surface area contributed by atoms with E-state index in [9.17, 15) is 0 Å². The van der Waals surface area contributed by atoms with E-state index >= 15 is 0 Å². The molecule has 0 aromatic heterocycles. The largest absolute Gasteiger partial charge is 0.316 e. The van der Waals surface area contributed by atoms with E-state index in [0.29, 0.717) is 0 Å². The first kappa shape index (κ1) is 17.5. The van der Waals surface area contributed by atoms with Crippen LogP contribution < -0.4 is 5.32 Å². The zero-order valence-corrected chi connectivity index (χ0v) is 13.1. The Kier molecular flexibility index (Phi) is 11.2. The highest BCUT2D eigenvalue weighted by atomic mass is 15.1. The summed E-state index contributed by atoms with van der Waals surface area (Å²) in [7, 11) is 0. The minimum Gasteiger partial charge on any atom is -0.316 e. The first-order chi connectivity index (χ1) is 8.60. The number of hydrogen-bond donors (Lipinski definition) is 1. The van der Waals surface area contributed by atoms with Gasteiger partial charge in [-0.25, -0.2) is 0 Å². The highest BCUT2D eigenvalue weighted by molar-refractivity contribution is 4.95. The second kappa shape index (κ2) is 11.6. The first-order valence-corrected chi connectivity index (χ1v) is 7.42. The molecular formula is C16H32N2. The summed E-state index contributed by atoms with van der Waals surface area (Å²) in [4.78, 5) is 2.50. The summed E-state index contributed by atoms with van der Waals surface area (Å²) in [6.45, 7) is 16.7. The average molecular weight is 252 g/mol. The molecule has 0 aliphatic heterocycles. The molecule has 2 nitrogen and oxygen atoms in total. The van der Waals surface area contributed by atoms with Gasteiger partial charge in [-0.3, -0.25) is 0 Å². The van der Waals surface area contributed by atoms with Crippen molar-refractivity contribution in [3.8, 4) is 11.8 Å². The van der Waals surface area contributed by atoms with Gasteiger partial charge in [0.05, 0.1) is 0 Å². The fourth-order valence-electron chi connectivity index (χ4n) is 1.89. The van der Waals surface area contributed by atoms with Crippen LogP contribution in [0.3, 0.4) is 0 Å². The molecule has 0 saturated heterocycles. The summed E-state index contributed by atoms with van der Waals surface area (Å²) < 4.78 is 0. The summed E-state index contributed by atoms with van der Waals surface area (Å²) in [5, 5.41) is 3.54. The average Bonchev–Trinajstić information content (AvgIpc) is 2.33. The summed E-state index contributed by atoms with van der Waals surface area (Å²) in [5.41, 5.74) is 0. The predicted molar refractivity (Wildman–Crippen MR) is 81.7 cm³/mol. The van der Waals surface area contributed by atoms with Crippen molar-refractivity contribution in [1.29, 1.82) is 0 Å². The maximum atomic E-state index is 3.54. The molecule has 0 aliphatic rings. The van der Waals surface area contributed by atoms with Gasteiger partial charge in [0, 0.05) is 13.0 Å². The topological polar surface area (TPSA) is 15.3 Å².